The maximum atomic E-state index is 14.1. The number of halogens is 4. The fraction of sp³-hybridized carbons (Fsp3) is 0.559. The number of nitrogen functional groups attached to an aromatic ring is 1. The fourth-order valence-corrected chi connectivity index (χ4v) is 8.38. The Kier molecular flexibility index (Phi) is 10.0. The normalized spacial score (nSPS) is 19.7. The van der Waals surface area contributed by atoms with Gasteiger partial charge in [-0.2, -0.15) is 13.2 Å². The molecule has 0 radical (unpaired) electrons. The summed E-state index contributed by atoms with van der Waals surface area (Å²) in [5.74, 6) is -0.0213. The fourth-order valence-electron chi connectivity index (χ4n) is 7.87. The first-order valence-electron chi connectivity index (χ1n) is 16.6. The molecule has 3 aromatic rings. The topological polar surface area (TPSA) is 116 Å². The Morgan fingerprint density at radius 2 is 1.57 bits per heavy atom. The van der Waals surface area contributed by atoms with Gasteiger partial charge in [0.05, 0.1) is 28.2 Å². The summed E-state index contributed by atoms with van der Waals surface area (Å²) < 4.78 is 43.3. The molecule has 1 atom stereocenters. The largest absolute Gasteiger partial charge is 0.418 e. The molecule has 13 heteroatoms. The highest BCUT2D eigenvalue weighted by Crippen LogP contribution is 2.39. The zero-order chi connectivity index (χ0) is 33.3. The van der Waals surface area contributed by atoms with Crippen LogP contribution in [0.1, 0.15) is 62.1 Å². The third-order valence-corrected chi connectivity index (χ3v) is 11.1. The average molecular weight is 720 g/mol. The lowest BCUT2D eigenvalue weighted by atomic mass is 9.79. The van der Waals surface area contributed by atoms with E-state index < -0.39 is 23.3 Å². The van der Waals surface area contributed by atoms with Crippen molar-refractivity contribution >= 4 is 44.5 Å². The van der Waals surface area contributed by atoms with Gasteiger partial charge in [-0.05, 0) is 116 Å². The molecule has 0 aliphatic carbocycles. The van der Waals surface area contributed by atoms with E-state index in [-0.39, 0.29) is 40.9 Å². The molecule has 4 heterocycles. The summed E-state index contributed by atoms with van der Waals surface area (Å²) in [6, 6.07) is 9.95. The Bertz CT molecular complexity index is 1650. The predicted octanol–water partition coefficient (Wildman–Crippen LogP) is 5.34. The number of hydrogen-bond acceptors (Lipinski definition) is 5. The van der Waals surface area contributed by atoms with Gasteiger partial charge in [0, 0.05) is 43.1 Å². The van der Waals surface area contributed by atoms with E-state index in [1.165, 1.54) is 6.07 Å². The molecule has 2 aromatic carbocycles. The number of carbonyl (C=O) groups excluding carboxylic acids is 2. The van der Waals surface area contributed by atoms with E-state index in [9.17, 15) is 27.6 Å². The van der Waals surface area contributed by atoms with Gasteiger partial charge in [-0.25, -0.2) is 4.79 Å². The van der Waals surface area contributed by atoms with Crippen LogP contribution in [0, 0.1) is 17.8 Å². The van der Waals surface area contributed by atoms with E-state index in [1.54, 1.807) is 9.47 Å². The molecule has 3 fully saturated rings. The third-order valence-electron chi connectivity index (χ3n) is 10.5. The van der Waals surface area contributed by atoms with Crippen molar-refractivity contribution in [3.05, 3.63) is 62.5 Å². The van der Waals surface area contributed by atoms with Crippen LogP contribution in [0.2, 0.25) is 0 Å². The number of carbonyl (C=O) groups is 2. The Labute approximate surface area is 280 Å². The summed E-state index contributed by atoms with van der Waals surface area (Å²) in [7, 11) is 0. The van der Waals surface area contributed by atoms with E-state index in [2.05, 4.69) is 26.2 Å². The number of rotatable bonds is 7. The maximum absolute atomic E-state index is 14.1. The number of hydrogen-bond donors (Lipinski definition) is 3. The van der Waals surface area contributed by atoms with Crippen molar-refractivity contribution in [2.45, 2.75) is 63.6 Å². The van der Waals surface area contributed by atoms with Crippen molar-refractivity contribution in [3.8, 4) is 0 Å². The smallest absolute Gasteiger partial charge is 0.397 e. The second-order valence-electron chi connectivity index (χ2n) is 13.3. The molecule has 4 N–H and O–H groups in total. The van der Waals surface area contributed by atoms with Crippen LogP contribution < -0.4 is 16.7 Å². The van der Waals surface area contributed by atoms with Gasteiger partial charge in [0.2, 0.25) is 11.8 Å². The summed E-state index contributed by atoms with van der Waals surface area (Å²) in [6.07, 6.45) is 0.435. The highest BCUT2D eigenvalue weighted by Gasteiger charge is 2.37. The number of likely N-dealkylation sites (tertiary alicyclic amines) is 2. The first-order valence-corrected chi connectivity index (χ1v) is 17.4. The predicted molar refractivity (Wildman–Crippen MR) is 178 cm³/mol. The van der Waals surface area contributed by atoms with Gasteiger partial charge >= 0.3 is 11.9 Å². The van der Waals surface area contributed by atoms with Crippen LogP contribution in [0.5, 0.6) is 0 Å². The first-order chi connectivity index (χ1) is 22.5. The molecular formula is C34H42BrF3N6O3. The number of para-hydroxylation sites is 2. The number of piperidine rings is 3. The van der Waals surface area contributed by atoms with E-state index >= 15 is 0 Å². The Morgan fingerprint density at radius 3 is 2.26 bits per heavy atom. The van der Waals surface area contributed by atoms with Crippen molar-refractivity contribution in [2.24, 2.45) is 17.8 Å². The Balaban J connectivity index is 1.16. The van der Waals surface area contributed by atoms with Crippen molar-refractivity contribution < 1.29 is 22.8 Å². The van der Waals surface area contributed by atoms with E-state index in [4.69, 9.17) is 5.73 Å². The standard InChI is InChI=1S/C34H42BrF3N6O3/c35-27-19-21(18-26(31(27)39)34(36,37)38)17-24(32(46)43-13-7-23(8-14-43)22-5-11-40-12-6-22)20-30(45)42-15-9-25(10-16-42)44-29-4-2-1-3-28(29)41-33(44)47/h1-4,18-19,22-25,40H,5-17,20,39H2,(H,41,47)/t24-/m0/s1. The molecular weight excluding hydrogens is 677 g/mol. The third kappa shape index (κ3) is 7.40. The molecule has 2 amide bonds. The summed E-state index contributed by atoms with van der Waals surface area (Å²) in [5.41, 5.74) is 6.09. The molecule has 254 valence electrons. The molecule has 3 aliphatic heterocycles. The van der Waals surface area contributed by atoms with Gasteiger partial charge in [-0.15, -0.1) is 0 Å². The Morgan fingerprint density at radius 1 is 0.936 bits per heavy atom. The SMILES string of the molecule is Nc1c(Br)cc(C[C@@H](CC(=O)N2CCC(n3c(=O)[nH]c4ccccc43)CC2)C(=O)N2CCC(C3CCNCC3)CC2)cc1C(F)(F)F. The zero-order valence-electron chi connectivity index (χ0n) is 26.3. The van der Waals surface area contributed by atoms with Crippen LogP contribution in [0.3, 0.4) is 0 Å². The summed E-state index contributed by atoms with van der Waals surface area (Å²) >= 11 is 3.17. The number of benzene rings is 2. The number of nitrogens with zero attached hydrogens (tertiary/aromatic N) is 3. The minimum Gasteiger partial charge on any atom is -0.397 e. The molecule has 0 saturated carbocycles. The maximum Gasteiger partial charge on any atom is 0.418 e. The highest BCUT2D eigenvalue weighted by atomic mass is 79.9. The van der Waals surface area contributed by atoms with Gasteiger partial charge in [0.25, 0.3) is 0 Å². The van der Waals surface area contributed by atoms with Crippen LogP contribution in [-0.2, 0) is 22.2 Å². The molecule has 3 aliphatic rings. The minimum absolute atomic E-state index is 0.0120. The first kappa shape index (κ1) is 33.6. The lowest BCUT2D eigenvalue weighted by Gasteiger charge is -2.39. The van der Waals surface area contributed by atoms with Crippen LogP contribution in [0.25, 0.3) is 11.0 Å². The summed E-state index contributed by atoms with van der Waals surface area (Å²) in [4.78, 5) is 46.9. The number of aromatic nitrogens is 2. The molecule has 3 saturated heterocycles. The molecule has 9 nitrogen and oxygen atoms in total. The molecule has 6 rings (SSSR count). The highest BCUT2D eigenvalue weighted by molar-refractivity contribution is 9.10. The lowest BCUT2D eigenvalue weighted by molar-refractivity contribution is -0.143. The van der Waals surface area contributed by atoms with Gasteiger partial charge in [-0.1, -0.05) is 12.1 Å². The number of H-pyrrole nitrogens is 1. The average Bonchev–Trinajstić information content (AvgIpc) is 3.41. The van der Waals surface area contributed by atoms with Gasteiger partial charge in [0.15, 0.2) is 0 Å². The molecule has 47 heavy (non-hydrogen) atoms. The lowest BCUT2D eigenvalue weighted by Crippen LogP contribution is -2.46. The second-order valence-corrected chi connectivity index (χ2v) is 14.2. The number of anilines is 1. The van der Waals surface area contributed by atoms with Gasteiger partial charge in [0.1, 0.15) is 0 Å². The zero-order valence-corrected chi connectivity index (χ0v) is 27.9. The monoisotopic (exact) mass is 718 g/mol. The number of aromatic amines is 1. The Hall–Kier alpha value is -3.32. The number of fused-ring (bicyclic) bond motifs is 1. The second kappa shape index (κ2) is 14.0. The number of nitrogens with two attached hydrogens (primary N) is 1. The van der Waals surface area contributed by atoms with Crippen LogP contribution >= 0.6 is 15.9 Å². The number of amides is 2. The van der Waals surface area contributed by atoms with E-state index in [0.717, 1.165) is 55.9 Å². The molecule has 0 spiro atoms. The summed E-state index contributed by atoms with van der Waals surface area (Å²) in [5, 5.41) is 3.41. The van der Waals surface area contributed by atoms with Gasteiger partial charge < -0.3 is 25.8 Å². The number of alkyl halides is 3. The van der Waals surface area contributed by atoms with Crippen molar-refractivity contribution in [3.63, 3.8) is 0 Å². The van der Waals surface area contributed by atoms with Crippen molar-refractivity contribution in [2.75, 3.05) is 45.0 Å². The molecule has 0 bridgehead atoms. The quantitative estimate of drug-likeness (QED) is 0.285. The van der Waals surface area contributed by atoms with E-state index in [0.29, 0.717) is 56.4 Å². The number of nitrogens with one attached hydrogen (secondary N) is 2. The number of imidazole rings is 1. The summed E-state index contributed by atoms with van der Waals surface area (Å²) in [6.45, 7) is 4.04. The van der Waals surface area contributed by atoms with Crippen LogP contribution in [0.15, 0.2) is 45.7 Å². The van der Waals surface area contributed by atoms with Crippen molar-refractivity contribution in [1.29, 1.82) is 0 Å². The van der Waals surface area contributed by atoms with E-state index in [1.807, 2.05) is 29.2 Å². The van der Waals surface area contributed by atoms with Crippen LogP contribution in [-0.4, -0.2) is 70.4 Å². The van der Waals surface area contributed by atoms with Gasteiger partial charge in [-0.3, -0.25) is 14.2 Å². The van der Waals surface area contributed by atoms with Crippen molar-refractivity contribution in [1.82, 2.24) is 24.7 Å². The van der Waals surface area contributed by atoms with Crippen LogP contribution in [0.4, 0.5) is 18.9 Å². The molecule has 1 aromatic heterocycles. The minimum atomic E-state index is -4.66. The molecule has 0 unspecified atom stereocenters.